The molecule has 0 bridgehead atoms. The monoisotopic (exact) mass is 323 g/mol. The van der Waals surface area contributed by atoms with Gasteiger partial charge in [-0.15, -0.1) is 5.10 Å². The van der Waals surface area contributed by atoms with Gasteiger partial charge < -0.3 is 5.73 Å². The standard InChI is InChI=1S/C13H18BrN5/c1-13(2,3)4-5-19-12(16-17-18-19)9-6-10(14)8-11(15)7-9/h6-8H,4-5,15H2,1-3H3. The van der Waals surface area contributed by atoms with Gasteiger partial charge in [0.2, 0.25) is 0 Å². The fraction of sp³-hybridized carbons (Fsp3) is 0.462. The molecule has 0 aliphatic rings. The molecule has 2 aromatic rings. The lowest BCUT2D eigenvalue weighted by atomic mass is 9.92. The van der Waals surface area contributed by atoms with Crippen molar-refractivity contribution in [2.75, 3.05) is 5.73 Å². The average molecular weight is 324 g/mol. The van der Waals surface area contributed by atoms with E-state index in [1.54, 1.807) is 0 Å². The topological polar surface area (TPSA) is 69.6 Å². The molecule has 6 heteroatoms. The Morgan fingerprint density at radius 3 is 2.63 bits per heavy atom. The maximum absolute atomic E-state index is 5.85. The molecule has 0 radical (unpaired) electrons. The number of aryl methyl sites for hydroxylation is 1. The lowest BCUT2D eigenvalue weighted by Gasteiger charge is -2.17. The number of nitrogens with zero attached hydrogens (tertiary/aromatic N) is 4. The van der Waals surface area contributed by atoms with Gasteiger partial charge >= 0.3 is 0 Å². The van der Waals surface area contributed by atoms with Gasteiger partial charge in [0.1, 0.15) is 0 Å². The fourth-order valence-corrected chi connectivity index (χ4v) is 2.26. The highest BCUT2D eigenvalue weighted by atomic mass is 79.9. The second kappa shape index (κ2) is 5.28. The van der Waals surface area contributed by atoms with Gasteiger partial charge in [0.15, 0.2) is 5.82 Å². The van der Waals surface area contributed by atoms with Crippen LogP contribution in [0.1, 0.15) is 27.2 Å². The van der Waals surface area contributed by atoms with Gasteiger partial charge in [0.25, 0.3) is 0 Å². The van der Waals surface area contributed by atoms with Gasteiger partial charge in [-0.25, -0.2) is 4.68 Å². The first kappa shape index (κ1) is 14.0. The fourth-order valence-electron chi connectivity index (χ4n) is 1.74. The molecular formula is C13H18BrN5. The van der Waals surface area contributed by atoms with E-state index in [0.29, 0.717) is 5.69 Å². The van der Waals surface area contributed by atoms with E-state index in [2.05, 4.69) is 52.2 Å². The highest BCUT2D eigenvalue weighted by Crippen LogP contribution is 2.25. The number of hydrogen-bond donors (Lipinski definition) is 1. The van der Waals surface area contributed by atoms with E-state index in [1.807, 2.05) is 22.9 Å². The molecule has 0 amide bonds. The van der Waals surface area contributed by atoms with Crippen molar-refractivity contribution in [2.45, 2.75) is 33.7 Å². The summed E-state index contributed by atoms with van der Waals surface area (Å²) in [5, 5.41) is 11.9. The number of aromatic nitrogens is 4. The Hall–Kier alpha value is -1.43. The molecule has 1 aromatic heterocycles. The van der Waals surface area contributed by atoms with Crippen LogP contribution in [0.4, 0.5) is 5.69 Å². The lowest BCUT2D eigenvalue weighted by Crippen LogP contribution is -2.12. The zero-order chi connectivity index (χ0) is 14.0. The van der Waals surface area contributed by atoms with Gasteiger partial charge in [0.05, 0.1) is 0 Å². The minimum absolute atomic E-state index is 0.250. The smallest absolute Gasteiger partial charge is 0.182 e. The zero-order valence-corrected chi connectivity index (χ0v) is 13.0. The van der Waals surface area contributed by atoms with E-state index in [-0.39, 0.29) is 5.41 Å². The zero-order valence-electron chi connectivity index (χ0n) is 11.4. The van der Waals surface area contributed by atoms with Crippen LogP contribution >= 0.6 is 15.9 Å². The molecule has 2 N–H and O–H groups in total. The summed E-state index contributed by atoms with van der Waals surface area (Å²) in [6, 6.07) is 5.70. The van der Waals surface area contributed by atoms with Crippen LogP contribution in [0.3, 0.4) is 0 Å². The Kier molecular flexibility index (Phi) is 3.89. The summed E-state index contributed by atoms with van der Waals surface area (Å²) in [4.78, 5) is 0. The highest BCUT2D eigenvalue weighted by Gasteiger charge is 2.14. The van der Waals surface area contributed by atoms with Crippen LogP contribution in [0, 0.1) is 5.41 Å². The summed E-state index contributed by atoms with van der Waals surface area (Å²) in [6.07, 6.45) is 1.01. The molecule has 19 heavy (non-hydrogen) atoms. The molecule has 0 unspecified atom stereocenters. The molecule has 102 valence electrons. The number of rotatable bonds is 3. The second-order valence-electron chi connectivity index (χ2n) is 5.81. The summed E-state index contributed by atoms with van der Waals surface area (Å²) in [7, 11) is 0. The summed E-state index contributed by atoms with van der Waals surface area (Å²) >= 11 is 3.44. The predicted molar refractivity (Wildman–Crippen MR) is 79.4 cm³/mol. The number of tetrazole rings is 1. The number of nitrogens with two attached hydrogens (primary N) is 1. The Morgan fingerprint density at radius 1 is 1.26 bits per heavy atom. The third kappa shape index (κ3) is 3.76. The molecule has 1 aromatic carbocycles. The van der Waals surface area contributed by atoms with Gasteiger partial charge in [-0.05, 0) is 40.5 Å². The van der Waals surface area contributed by atoms with Crippen LogP contribution in [-0.2, 0) is 6.54 Å². The number of benzene rings is 1. The molecule has 0 fully saturated rings. The van der Waals surface area contributed by atoms with Crippen LogP contribution in [0.2, 0.25) is 0 Å². The van der Waals surface area contributed by atoms with Crippen molar-refractivity contribution in [3.63, 3.8) is 0 Å². The summed E-state index contributed by atoms with van der Waals surface area (Å²) in [5.74, 6) is 0.747. The number of anilines is 1. The first-order valence-corrected chi connectivity index (χ1v) is 6.97. The highest BCUT2D eigenvalue weighted by molar-refractivity contribution is 9.10. The molecular weight excluding hydrogens is 306 g/mol. The van der Waals surface area contributed by atoms with E-state index in [4.69, 9.17) is 5.73 Å². The van der Waals surface area contributed by atoms with Crippen LogP contribution < -0.4 is 5.73 Å². The SMILES string of the molecule is CC(C)(C)CCn1nnnc1-c1cc(N)cc(Br)c1. The van der Waals surface area contributed by atoms with E-state index in [1.165, 1.54) is 0 Å². The van der Waals surface area contributed by atoms with E-state index in [9.17, 15) is 0 Å². The maximum atomic E-state index is 5.85. The van der Waals surface area contributed by atoms with Gasteiger partial charge in [-0.3, -0.25) is 0 Å². The van der Waals surface area contributed by atoms with Crippen LogP contribution in [0.5, 0.6) is 0 Å². The number of halogens is 1. The van der Waals surface area contributed by atoms with Crippen molar-refractivity contribution in [3.8, 4) is 11.4 Å². The Morgan fingerprint density at radius 2 is 2.00 bits per heavy atom. The van der Waals surface area contributed by atoms with E-state index >= 15 is 0 Å². The van der Waals surface area contributed by atoms with Crippen LogP contribution in [0.15, 0.2) is 22.7 Å². The molecule has 1 heterocycles. The first-order valence-electron chi connectivity index (χ1n) is 6.18. The molecule has 5 nitrogen and oxygen atoms in total. The van der Waals surface area contributed by atoms with Gasteiger partial charge in [0, 0.05) is 22.3 Å². The van der Waals surface area contributed by atoms with Crippen molar-refractivity contribution in [3.05, 3.63) is 22.7 Å². The van der Waals surface area contributed by atoms with Crippen molar-refractivity contribution >= 4 is 21.6 Å². The van der Waals surface area contributed by atoms with Crippen molar-refractivity contribution in [1.29, 1.82) is 0 Å². The number of hydrogen-bond acceptors (Lipinski definition) is 4. The quantitative estimate of drug-likeness (QED) is 0.881. The Bertz CT molecular complexity index is 550. The third-order valence-electron chi connectivity index (χ3n) is 2.78. The molecule has 0 saturated carbocycles. The molecule has 0 aliphatic heterocycles. The molecule has 2 rings (SSSR count). The largest absolute Gasteiger partial charge is 0.399 e. The summed E-state index contributed by atoms with van der Waals surface area (Å²) < 4.78 is 2.75. The molecule has 0 saturated heterocycles. The Balaban J connectivity index is 2.28. The van der Waals surface area contributed by atoms with Crippen molar-refractivity contribution in [1.82, 2.24) is 20.2 Å². The van der Waals surface area contributed by atoms with Crippen molar-refractivity contribution < 1.29 is 0 Å². The van der Waals surface area contributed by atoms with Gasteiger partial charge in [-0.2, -0.15) is 0 Å². The van der Waals surface area contributed by atoms with E-state index < -0.39 is 0 Å². The normalized spacial score (nSPS) is 11.8. The second-order valence-corrected chi connectivity index (χ2v) is 6.73. The Labute approximate surface area is 121 Å². The summed E-state index contributed by atoms with van der Waals surface area (Å²) in [6.45, 7) is 7.40. The maximum Gasteiger partial charge on any atom is 0.182 e. The average Bonchev–Trinajstić information content (AvgIpc) is 2.72. The number of nitrogen functional groups attached to an aromatic ring is 1. The molecule has 0 spiro atoms. The minimum Gasteiger partial charge on any atom is -0.399 e. The minimum atomic E-state index is 0.250. The lowest BCUT2D eigenvalue weighted by molar-refractivity contribution is 0.340. The first-order chi connectivity index (χ1) is 8.85. The molecule has 0 aliphatic carbocycles. The molecule has 0 atom stereocenters. The van der Waals surface area contributed by atoms with Crippen LogP contribution in [0.25, 0.3) is 11.4 Å². The summed E-state index contributed by atoms with van der Waals surface area (Å²) in [5.41, 5.74) is 7.71. The predicted octanol–water partition coefficient (Wildman–Crippen LogP) is 3.12. The van der Waals surface area contributed by atoms with Gasteiger partial charge in [-0.1, -0.05) is 36.7 Å². The third-order valence-corrected chi connectivity index (χ3v) is 3.24. The van der Waals surface area contributed by atoms with E-state index in [0.717, 1.165) is 28.8 Å². The van der Waals surface area contributed by atoms with Crippen molar-refractivity contribution in [2.24, 2.45) is 5.41 Å². The van der Waals surface area contributed by atoms with Crippen LogP contribution in [-0.4, -0.2) is 20.2 Å².